The molecule has 5 aromatic carbocycles. The van der Waals surface area contributed by atoms with E-state index < -0.39 is 0 Å². The Hall–Kier alpha value is -5.00. The van der Waals surface area contributed by atoms with Crippen LogP contribution in [-0.2, 0) is 0 Å². The highest BCUT2D eigenvalue weighted by Gasteiger charge is 2.22. The number of fused-ring (bicyclic) bond motifs is 10. The molecule has 4 heterocycles. The van der Waals surface area contributed by atoms with Crippen LogP contribution in [0.2, 0.25) is 0 Å². The molecule has 0 N–H and O–H groups in total. The largest absolute Gasteiger partial charge is 0.455 e. The molecule has 182 valence electrons. The van der Waals surface area contributed by atoms with E-state index in [-0.39, 0.29) is 0 Å². The van der Waals surface area contributed by atoms with Crippen molar-refractivity contribution in [2.75, 3.05) is 0 Å². The van der Waals surface area contributed by atoms with Gasteiger partial charge in [0.15, 0.2) is 0 Å². The second-order valence-corrected chi connectivity index (χ2v) is 10.8. The van der Waals surface area contributed by atoms with Crippen LogP contribution in [0.1, 0.15) is 0 Å². The number of hydrogen-bond acceptors (Lipinski definition) is 4. The third-order valence-corrected chi connectivity index (χ3v) is 8.72. The summed E-state index contributed by atoms with van der Waals surface area (Å²) in [5.74, 6) is 0.662. The fourth-order valence-corrected chi connectivity index (χ4v) is 7.04. The van der Waals surface area contributed by atoms with Crippen molar-refractivity contribution >= 4 is 75.4 Å². The normalized spacial score (nSPS) is 12.1. The summed E-state index contributed by atoms with van der Waals surface area (Å²) in [6.45, 7) is 0. The lowest BCUT2D eigenvalue weighted by Crippen LogP contribution is -2.02. The molecule has 0 amide bonds. The molecule has 0 unspecified atom stereocenters. The van der Waals surface area contributed by atoms with Crippen LogP contribution in [0.25, 0.3) is 81.3 Å². The minimum absolute atomic E-state index is 0.662. The summed E-state index contributed by atoms with van der Waals surface area (Å²) in [4.78, 5) is 11.5. The lowest BCUT2D eigenvalue weighted by Gasteiger charge is -2.10. The standard InChI is InChI=1S/C34H19N3OS/c1-2-10-20(11-3-1)31-30-24-14-6-9-17-28(24)39-33(30)36-34(35-31)37-25-15-7-4-13-23(25)29-26(37)19-18-22-21-12-5-8-16-27(21)38-32(22)29/h1-19H. The molecule has 4 nitrogen and oxygen atoms in total. The monoisotopic (exact) mass is 517 g/mol. The van der Waals surface area contributed by atoms with E-state index in [0.29, 0.717) is 5.95 Å². The molecule has 0 fully saturated rings. The Bertz CT molecular complexity index is 2400. The molecule has 5 heteroatoms. The molecule has 0 saturated carbocycles. The van der Waals surface area contributed by atoms with Crippen LogP contribution >= 0.6 is 11.3 Å². The van der Waals surface area contributed by atoms with Crippen LogP contribution in [-0.4, -0.2) is 14.5 Å². The number of nitrogens with zero attached hydrogens (tertiary/aromatic N) is 3. The molecule has 0 atom stereocenters. The van der Waals surface area contributed by atoms with Crippen molar-refractivity contribution in [3.63, 3.8) is 0 Å². The van der Waals surface area contributed by atoms with E-state index in [4.69, 9.17) is 14.4 Å². The molecular weight excluding hydrogens is 498 g/mol. The number of hydrogen-bond donors (Lipinski definition) is 0. The maximum atomic E-state index is 6.47. The zero-order valence-electron chi connectivity index (χ0n) is 20.6. The fourth-order valence-electron chi connectivity index (χ4n) is 5.97. The van der Waals surface area contributed by atoms with Gasteiger partial charge in [0.25, 0.3) is 0 Å². The van der Waals surface area contributed by atoms with Gasteiger partial charge in [-0.3, -0.25) is 4.57 Å². The first-order valence-electron chi connectivity index (χ1n) is 12.9. The van der Waals surface area contributed by atoms with Gasteiger partial charge < -0.3 is 4.42 Å². The summed E-state index contributed by atoms with van der Waals surface area (Å²) in [6.07, 6.45) is 0. The molecule has 0 bridgehead atoms. The molecule has 0 spiro atoms. The third-order valence-electron chi connectivity index (χ3n) is 7.65. The zero-order chi connectivity index (χ0) is 25.5. The highest BCUT2D eigenvalue weighted by molar-refractivity contribution is 7.25. The Morgan fingerprint density at radius 3 is 2.21 bits per heavy atom. The molecule has 0 aliphatic heterocycles. The first kappa shape index (κ1) is 21.0. The molecule has 9 rings (SSSR count). The van der Waals surface area contributed by atoms with Crippen molar-refractivity contribution < 1.29 is 4.42 Å². The number of furan rings is 1. The Morgan fingerprint density at radius 1 is 0.564 bits per heavy atom. The minimum atomic E-state index is 0.662. The Morgan fingerprint density at radius 2 is 1.31 bits per heavy atom. The van der Waals surface area contributed by atoms with Gasteiger partial charge in [-0.25, -0.2) is 9.97 Å². The van der Waals surface area contributed by atoms with E-state index in [1.165, 1.54) is 10.1 Å². The highest BCUT2D eigenvalue weighted by Crippen LogP contribution is 2.42. The molecule has 4 aromatic heterocycles. The summed E-state index contributed by atoms with van der Waals surface area (Å²) in [5.41, 5.74) is 5.90. The van der Waals surface area contributed by atoms with Gasteiger partial charge in [-0.2, -0.15) is 0 Å². The van der Waals surface area contributed by atoms with Gasteiger partial charge in [0, 0.05) is 37.2 Å². The molecule has 0 saturated heterocycles. The van der Waals surface area contributed by atoms with E-state index in [1.807, 2.05) is 18.2 Å². The molecule has 0 aliphatic rings. The third kappa shape index (κ3) is 2.88. The van der Waals surface area contributed by atoms with Crippen LogP contribution in [0.5, 0.6) is 0 Å². The Balaban J connectivity index is 1.45. The number of aromatic nitrogens is 3. The van der Waals surface area contributed by atoms with Crippen molar-refractivity contribution in [3.8, 4) is 17.2 Å². The van der Waals surface area contributed by atoms with Crippen LogP contribution in [0.4, 0.5) is 0 Å². The summed E-state index contributed by atoms with van der Waals surface area (Å²) < 4.78 is 9.87. The predicted molar refractivity (Wildman–Crippen MR) is 162 cm³/mol. The van der Waals surface area contributed by atoms with Gasteiger partial charge in [0.2, 0.25) is 5.95 Å². The number of rotatable bonds is 2. The van der Waals surface area contributed by atoms with Gasteiger partial charge in [0.05, 0.1) is 22.1 Å². The summed E-state index contributed by atoms with van der Waals surface area (Å²) in [6, 6.07) is 40.0. The van der Waals surface area contributed by atoms with E-state index in [9.17, 15) is 0 Å². The smallest absolute Gasteiger partial charge is 0.236 e. The second-order valence-electron chi connectivity index (χ2n) is 9.80. The number of thiophene rings is 1. The van der Waals surface area contributed by atoms with Crippen LogP contribution < -0.4 is 0 Å². The first-order chi connectivity index (χ1) is 19.3. The van der Waals surface area contributed by atoms with E-state index >= 15 is 0 Å². The van der Waals surface area contributed by atoms with Crippen molar-refractivity contribution in [2.45, 2.75) is 0 Å². The van der Waals surface area contributed by atoms with Gasteiger partial charge in [-0.15, -0.1) is 11.3 Å². The SMILES string of the molecule is c1ccc(-c2nc(-n3c4ccccc4c4c5oc6ccccc6c5ccc43)nc3sc4ccccc4c23)cc1. The molecule has 0 aliphatic carbocycles. The molecule has 0 radical (unpaired) electrons. The minimum Gasteiger partial charge on any atom is -0.455 e. The quantitative estimate of drug-likeness (QED) is 0.229. The van der Waals surface area contributed by atoms with Crippen LogP contribution in [0.15, 0.2) is 120 Å². The van der Waals surface area contributed by atoms with Gasteiger partial charge in [-0.05, 0) is 30.3 Å². The average Bonchev–Trinajstić information content (AvgIpc) is 3.66. The fraction of sp³-hybridized carbons (Fsp3) is 0. The van der Waals surface area contributed by atoms with Crippen LogP contribution in [0.3, 0.4) is 0 Å². The average molecular weight is 518 g/mol. The topological polar surface area (TPSA) is 43.9 Å². The number of para-hydroxylation sites is 2. The van der Waals surface area contributed by atoms with Crippen molar-refractivity contribution in [1.29, 1.82) is 0 Å². The lowest BCUT2D eigenvalue weighted by molar-refractivity contribution is 0.673. The van der Waals surface area contributed by atoms with Crippen molar-refractivity contribution in [1.82, 2.24) is 14.5 Å². The maximum absolute atomic E-state index is 6.47. The number of benzene rings is 5. The summed E-state index contributed by atoms with van der Waals surface area (Å²) >= 11 is 1.72. The molecular formula is C34H19N3OS. The Labute approximate surface area is 226 Å². The predicted octanol–water partition coefficient (Wildman–Crippen LogP) is 9.51. The van der Waals surface area contributed by atoms with Gasteiger partial charge in [0.1, 0.15) is 16.0 Å². The van der Waals surface area contributed by atoms with Gasteiger partial charge in [-0.1, -0.05) is 84.9 Å². The summed E-state index contributed by atoms with van der Waals surface area (Å²) in [5, 5.41) is 6.74. The van der Waals surface area contributed by atoms with E-state index in [0.717, 1.165) is 65.2 Å². The van der Waals surface area contributed by atoms with Crippen molar-refractivity contribution in [2.24, 2.45) is 0 Å². The van der Waals surface area contributed by atoms with E-state index in [1.54, 1.807) is 11.3 Å². The Kier molecular flexibility index (Phi) is 4.18. The van der Waals surface area contributed by atoms with Crippen LogP contribution in [0, 0.1) is 0 Å². The molecule has 9 aromatic rings. The van der Waals surface area contributed by atoms with E-state index in [2.05, 4.69) is 102 Å². The second kappa shape index (κ2) is 7.76. The zero-order valence-corrected chi connectivity index (χ0v) is 21.4. The highest BCUT2D eigenvalue weighted by atomic mass is 32.1. The summed E-state index contributed by atoms with van der Waals surface area (Å²) in [7, 11) is 0. The van der Waals surface area contributed by atoms with Gasteiger partial charge >= 0.3 is 0 Å². The maximum Gasteiger partial charge on any atom is 0.236 e. The molecule has 39 heavy (non-hydrogen) atoms. The van der Waals surface area contributed by atoms with Crippen molar-refractivity contribution in [3.05, 3.63) is 115 Å². The lowest BCUT2D eigenvalue weighted by atomic mass is 10.1. The first-order valence-corrected chi connectivity index (χ1v) is 13.8.